The summed E-state index contributed by atoms with van der Waals surface area (Å²) in [5.41, 5.74) is 3.20. The minimum atomic E-state index is -0.402. The second kappa shape index (κ2) is 7.81. The van der Waals surface area contributed by atoms with E-state index >= 15 is 0 Å². The Bertz CT molecular complexity index is 901. The highest BCUT2D eigenvalue weighted by atomic mass is 35.5. The van der Waals surface area contributed by atoms with E-state index in [1.807, 2.05) is 66.9 Å². The molecule has 0 bridgehead atoms. The van der Waals surface area contributed by atoms with Crippen LogP contribution in [0.1, 0.15) is 12.5 Å². The number of nitrogens with zero attached hydrogens (tertiary/aromatic N) is 2. The first-order chi connectivity index (χ1) is 12.2. The molecule has 3 rings (SSSR count). The molecule has 0 fully saturated rings. The molecule has 0 amide bonds. The van der Waals surface area contributed by atoms with Crippen molar-refractivity contribution < 1.29 is 9.53 Å². The lowest BCUT2D eigenvalue weighted by molar-refractivity contribution is -0.137. The third-order valence-corrected chi connectivity index (χ3v) is 3.80. The Morgan fingerprint density at radius 2 is 1.96 bits per heavy atom. The minimum Gasteiger partial charge on any atom is -0.463 e. The molecule has 0 aliphatic carbocycles. The number of aromatic nitrogens is 2. The van der Waals surface area contributed by atoms with E-state index in [4.69, 9.17) is 16.3 Å². The molecule has 0 saturated carbocycles. The van der Waals surface area contributed by atoms with Crippen LogP contribution in [0.15, 0.2) is 72.9 Å². The number of benzene rings is 2. The standard InChI is InChI=1S/C20H17ClN2O2/c1-2-25-20(24)14-19(15-7-4-3-5-8-15)23-12-11-18(22-23)16-9-6-10-17(21)13-16/h3-14H,2H2,1H3/b19-14-. The summed E-state index contributed by atoms with van der Waals surface area (Å²) in [6.45, 7) is 2.10. The van der Waals surface area contributed by atoms with Gasteiger partial charge in [-0.05, 0) is 25.1 Å². The van der Waals surface area contributed by atoms with Crippen LogP contribution in [0.4, 0.5) is 0 Å². The van der Waals surface area contributed by atoms with E-state index in [9.17, 15) is 4.79 Å². The molecule has 0 radical (unpaired) electrons. The molecule has 0 atom stereocenters. The summed E-state index contributed by atoms with van der Waals surface area (Å²) >= 11 is 6.06. The Hall–Kier alpha value is -2.85. The third kappa shape index (κ3) is 4.17. The summed E-state index contributed by atoms with van der Waals surface area (Å²) in [6, 6.07) is 19.0. The molecule has 0 spiro atoms. The molecule has 0 aliphatic heterocycles. The molecule has 1 heterocycles. The van der Waals surface area contributed by atoms with Crippen LogP contribution in [0, 0.1) is 0 Å². The summed E-state index contributed by atoms with van der Waals surface area (Å²) < 4.78 is 6.72. The van der Waals surface area contributed by atoms with E-state index in [0.29, 0.717) is 17.3 Å². The zero-order valence-corrected chi connectivity index (χ0v) is 14.5. The normalized spacial score (nSPS) is 11.4. The zero-order chi connectivity index (χ0) is 17.6. The maximum Gasteiger partial charge on any atom is 0.332 e. The molecular formula is C20H17ClN2O2. The first-order valence-electron chi connectivity index (χ1n) is 7.93. The maximum atomic E-state index is 12.0. The molecule has 3 aromatic rings. The van der Waals surface area contributed by atoms with Gasteiger partial charge in [-0.2, -0.15) is 5.10 Å². The van der Waals surface area contributed by atoms with Gasteiger partial charge in [0.15, 0.2) is 0 Å². The Morgan fingerprint density at radius 1 is 1.16 bits per heavy atom. The summed E-state index contributed by atoms with van der Waals surface area (Å²) in [7, 11) is 0. The number of esters is 1. The van der Waals surface area contributed by atoms with Crippen LogP contribution in [0.2, 0.25) is 5.02 Å². The van der Waals surface area contributed by atoms with Crippen molar-refractivity contribution in [3.8, 4) is 11.3 Å². The van der Waals surface area contributed by atoms with E-state index in [2.05, 4.69) is 5.10 Å². The fourth-order valence-electron chi connectivity index (χ4n) is 2.45. The van der Waals surface area contributed by atoms with Gasteiger partial charge in [0, 0.05) is 28.4 Å². The fraction of sp³-hybridized carbons (Fsp3) is 0.100. The second-order valence-corrected chi connectivity index (χ2v) is 5.74. The number of ether oxygens (including phenoxy) is 1. The average molecular weight is 353 g/mol. The van der Waals surface area contributed by atoms with Crippen LogP contribution in [0.3, 0.4) is 0 Å². The zero-order valence-electron chi connectivity index (χ0n) is 13.7. The predicted molar refractivity (Wildman–Crippen MR) is 99.1 cm³/mol. The van der Waals surface area contributed by atoms with Gasteiger partial charge in [-0.15, -0.1) is 0 Å². The van der Waals surface area contributed by atoms with Crippen LogP contribution in [0.25, 0.3) is 17.0 Å². The number of hydrogen-bond donors (Lipinski definition) is 0. The number of rotatable bonds is 5. The summed E-state index contributed by atoms with van der Waals surface area (Å²) in [5, 5.41) is 5.24. The highest BCUT2D eigenvalue weighted by Gasteiger charge is 2.11. The first-order valence-corrected chi connectivity index (χ1v) is 8.31. The van der Waals surface area contributed by atoms with Gasteiger partial charge in [0.05, 0.1) is 18.0 Å². The van der Waals surface area contributed by atoms with Gasteiger partial charge < -0.3 is 4.74 Å². The van der Waals surface area contributed by atoms with Crippen LogP contribution in [-0.4, -0.2) is 22.4 Å². The van der Waals surface area contributed by atoms with Crippen LogP contribution in [-0.2, 0) is 9.53 Å². The number of hydrogen-bond acceptors (Lipinski definition) is 3. The summed E-state index contributed by atoms with van der Waals surface area (Å²) in [5.74, 6) is -0.402. The molecule has 0 aliphatic rings. The van der Waals surface area contributed by atoms with E-state index in [1.54, 1.807) is 11.6 Å². The van der Waals surface area contributed by atoms with Gasteiger partial charge in [0.1, 0.15) is 0 Å². The maximum absolute atomic E-state index is 12.0. The SMILES string of the molecule is CCOC(=O)/C=C(/c1ccccc1)n1ccc(-c2cccc(Cl)c2)n1. The molecule has 126 valence electrons. The van der Waals surface area contributed by atoms with Crippen molar-refractivity contribution in [3.63, 3.8) is 0 Å². The van der Waals surface area contributed by atoms with Gasteiger partial charge >= 0.3 is 5.97 Å². The Kier molecular flexibility index (Phi) is 5.31. The average Bonchev–Trinajstić information content (AvgIpc) is 3.10. The number of halogens is 1. The third-order valence-electron chi connectivity index (χ3n) is 3.57. The molecule has 5 heteroatoms. The van der Waals surface area contributed by atoms with E-state index in [-0.39, 0.29) is 0 Å². The van der Waals surface area contributed by atoms with Crippen molar-refractivity contribution in [2.24, 2.45) is 0 Å². The fourth-order valence-corrected chi connectivity index (χ4v) is 2.64. The van der Waals surface area contributed by atoms with Gasteiger partial charge in [-0.1, -0.05) is 54.1 Å². The molecule has 0 N–H and O–H groups in total. The molecule has 0 unspecified atom stereocenters. The van der Waals surface area contributed by atoms with E-state index < -0.39 is 5.97 Å². The van der Waals surface area contributed by atoms with Gasteiger partial charge in [-0.25, -0.2) is 9.48 Å². The van der Waals surface area contributed by atoms with E-state index in [1.165, 1.54) is 6.08 Å². The van der Waals surface area contributed by atoms with Gasteiger partial charge in [0.2, 0.25) is 0 Å². The molecule has 0 saturated heterocycles. The predicted octanol–water partition coefficient (Wildman–Crippen LogP) is 4.66. The van der Waals surface area contributed by atoms with Crippen molar-refractivity contribution in [3.05, 3.63) is 83.5 Å². The lowest BCUT2D eigenvalue weighted by Gasteiger charge is -2.08. The molecule has 4 nitrogen and oxygen atoms in total. The van der Waals surface area contributed by atoms with Crippen LogP contribution >= 0.6 is 11.6 Å². The van der Waals surface area contributed by atoms with Crippen molar-refractivity contribution in [1.82, 2.24) is 9.78 Å². The van der Waals surface area contributed by atoms with Crippen LogP contribution in [0.5, 0.6) is 0 Å². The van der Waals surface area contributed by atoms with Gasteiger partial charge in [-0.3, -0.25) is 0 Å². The highest BCUT2D eigenvalue weighted by molar-refractivity contribution is 6.30. The highest BCUT2D eigenvalue weighted by Crippen LogP contribution is 2.23. The minimum absolute atomic E-state index is 0.324. The monoisotopic (exact) mass is 352 g/mol. The van der Waals surface area contributed by atoms with Crippen molar-refractivity contribution in [1.29, 1.82) is 0 Å². The first kappa shape index (κ1) is 17.0. The second-order valence-electron chi connectivity index (χ2n) is 5.30. The topological polar surface area (TPSA) is 44.1 Å². The quantitative estimate of drug-likeness (QED) is 0.495. The molecule has 2 aromatic carbocycles. The lowest BCUT2D eigenvalue weighted by atomic mass is 10.1. The van der Waals surface area contributed by atoms with Gasteiger partial charge in [0.25, 0.3) is 0 Å². The lowest BCUT2D eigenvalue weighted by Crippen LogP contribution is -2.06. The summed E-state index contributed by atoms with van der Waals surface area (Å²) in [4.78, 5) is 12.0. The molecule has 25 heavy (non-hydrogen) atoms. The Balaban J connectivity index is 2.01. The Morgan fingerprint density at radius 3 is 2.68 bits per heavy atom. The largest absolute Gasteiger partial charge is 0.463 e. The van der Waals surface area contributed by atoms with Crippen molar-refractivity contribution >= 4 is 23.3 Å². The van der Waals surface area contributed by atoms with E-state index in [0.717, 1.165) is 16.8 Å². The molecular weight excluding hydrogens is 336 g/mol. The van der Waals surface area contributed by atoms with Crippen LogP contribution < -0.4 is 0 Å². The summed E-state index contributed by atoms with van der Waals surface area (Å²) in [6.07, 6.45) is 3.27. The number of carbonyl (C=O) groups excluding carboxylic acids is 1. The van der Waals surface area contributed by atoms with Crippen molar-refractivity contribution in [2.45, 2.75) is 6.92 Å². The molecule has 1 aromatic heterocycles. The number of carbonyl (C=O) groups is 1. The smallest absolute Gasteiger partial charge is 0.332 e. The Labute approximate surface area is 151 Å². The van der Waals surface area contributed by atoms with Crippen molar-refractivity contribution in [2.75, 3.05) is 6.61 Å².